The van der Waals surface area contributed by atoms with Crippen molar-refractivity contribution in [2.75, 3.05) is 27.8 Å². The average molecular weight is 345 g/mol. The topological polar surface area (TPSA) is 79.2 Å². The number of rotatable bonds is 2. The number of allylic oxidation sites excluding steroid dienone is 1. The molecule has 1 heterocycles. The largest absolute Gasteiger partial charge is 0.504 e. The molecule has 134 valence electrons. The lowest BCUT2D eigenvalue weighted by Crippen LogP contribution is -2.61. The number of likely N-dealkylation sites (N-methyl/N-ethyl adjacent to an activating group) is 1. The Balaban J connectivity index is 2.03. The van der Waals surface area contributed by atoms with Crippen LogP contribution in [0.15, 0.2) is 24.0 Å². The van der Waals surface area contributed by atoms with Crippen LogP contribution in [0.4, 0.5) is 0 Å². The Bertz CT molecular complexity index is 773. The third kappa shape index (κ3) is 2.01. The number of fused-ring (bicyclic) bond motifs is 1. The van der Waals surface area contributed by atoms with E-state index in [9.17, 15) is 15.0 Å². The molecule has 0 amide bonds. The lowest BCUT2D eigenvalue weighted by atomic mass is 9.52. The fourth-order valence-electron chi connectivity index (χ4n) is 5.17. The number of hydrogen-bond donors (Lipinski definition) is 2. The van der Waals surface area contributed by atoms with Gasteiger partial charge in [0.25, 0.3) is 0 Å². The van der Waals surface area contributed by atoms with Gasteiger partial charge in [0, 0.05) is 36.5 Å². The summed E-state index contributed by atoms with van der Waals surface area (Å²) in [5.74, 6) is -0.0165. The number of benzene rings is 1. The van der Waals surface area contributed by atoms with Crippen molar-refractivity contribution in [3.05, 3.63) is 35.1 Å². The molecule has 1 aromatic rings. The van der Waals surface area contributed by atoms with Crippen LogP contribution in [0.2, 0.25) is 0 Å². The summed E-state index contributed by atoms with van der Waals surface area (Å²) in [5.41, 5.74) is 0.977. The summed E-state index contributed by atoms with van der Waals surface area (Å²) >= 11 is 0. The second kappa shape index (κ2) is 5.47. The first kappa shape index (κ1) is 16.4. The lowest BCUT2D eigenvalue weighted by Gasteiger charge is -2.58. The van der Waals surface area contributed by atoms with E-state index >= 15 is 0 Å². The summed E-state index contributed by atoms with van der Waals surface area (Å²) in [7, 11) is 5.22. The SMILES string of the molecule is COC1=CC2[C@@H]3[C@H](OC)c4ccc(O)c(O)c4[C@]2(CCN3C)CC1=O. The number of carbonyl (C=O) groups excluding carboxylic acids is 1. The van der Waals surface area contributed by atoms with Crippen molar-refractivity contribution >= 4 is 5.78 Å². The van der Waals surface area contributed by atoms with Crippen molar-refractivity contribution < 1.29 is 24.5 Å². The number of hydrogen-bond acceptors (Lipinski definition) is 6. The maximum absolute atomic E-state index is 12.6. The second-order valence-corrected chi connectivity index (χ2v) is 7.29. The van der Waals surface area contributed by atoms with Crippen LogP contribution in [0.5, 0.6) is 11.5 Å². The molecule has 4 atom stereocenters. The molecule has 3 aliphatic rings. The Morgan fingerprint density at radius 2 is 2.04 bits per heavy atom. The normalized spacial score (nSPS) is 34.1. The van der Waals surface area contributed by atoms with E-state index in [1.807, 2.05) is 12.1 Å². The van der Waals surface area contributed by atoms with Gasteiger partial charge >= 0.3 is 0 Å². The molecule has 2 bridgehead atoms. The monoisotopic (exact) mass is 345 g/mol. The second-order valence-electron chi connectivity index (χ2n) is 7.29. The van der Waals surface area contributed by atoms with Crippen LogP contribution in [-0.4, -0.2) is 54.8 Å². The van der Waals surface area contributed by atoms with E-state index in [1.54, 1.807) is 7.11 Å². The molecule has 1 aliphatic heterocycles. The maximum atomic E-state index is 12.6. The van der Waals surface area contributed by atoms with Crippen LogP contribution >= 0.6 is 0 Å². The molecular formula is C19H23NO5. The third-order valence-corrected chi connectivity index (χ3v) is 6.28. The molecule has 2 aliphatic carbocycles. The smallest absolute Gasteiger partial charge is 0.197 e. The van der Waals surface area contributed by atoms with E-state index in [2.05, 4.69) is 11.9 Å². The molecule has 4 rings (SSSR count). The van der Waals surface area contributed by atoms with Gasteiger partial charge in [0.05, 0.1) is 13.2 Å². The highest BCUT2D eigenvalue weighted by Gasteiger charge is 2.59. The summed E-state index contributed by atoms with van der Waals surface area (Å²) in [4.78, 5) is 14.9. The van der Waals surface area contributed by atoms with E-state index in [0.717, 1.165) is 18.5 Å². The standard InChI is InChI=1S/C19H23NO5/c1-20-7-6-19-9-13(22)14(24-2)8-11(19)16(20)18(25-3)10-4-5-12(21)17(23)15(10)19/h4-5,8,11,16,18,21,23H,6-7,9H2,1-3H3/t11?,16-,18-,19-/m1/s1. The van der Waals surface area contributed by atoms with Gasteiger partial charge in [0.1, 0.15) is 0 Å². The van der Waals surface area contributed by atoms with Gasteiger partial charge in [-0.2, -0.15) is 0 Å². The van der Waals surface area contributed by atoms with Crippen LogP contribution in [0.3, 0.4) is 0 Å². The summed E-state index contributed by atoms with van der Waals surface area (Å²) < 4.78 is 11.1. The first-order valence-corrected chi connectivity index (χ1v) is 8.52. The Labute approximate surface area is 146 Å². The molecule has 6 nitrogen and oxygen atoms in total. The van der Waals surface area contributed by atoms with Crippen molar-refractivity contribution in [2.45, 2.75) is 30.4 Å². The van der Waals surface area contributed by atoms with Gasteiger partial charge in [-0.25, -0.2) is 0 Å². The van der Waals surface area contributed by atoms with Gasteiger partial charge in [-0.15, -0.1) is 0 Å². The van der Waals surface area contributed by atoms with Crippen LogP contribution in [0.25, 0.3) is 0 Å². The van der Waals surface area contributed by atoms with Gasteiger partial charge in [0.15, 0.2) is 23.0 Å². The van der Waals surface area contributed by atoms with Gasteiger partial charge in [-0.3, -0.25) is 9.69 Å². The van der Waals surface area contributed by atoms with E-state index in [1.165, 1.54) is 13.2 Å². The van der Waals surface area contributed by atoms with Crippen LogP contribution in [-0.2, 0) is 19.7 Å². The molecule has 2 N–H and O–H groups in total. The molecule has 25 heavy (non-hydrogen) atoms. The zero-order chi connectivity index (χ0) is 17.9. The summed E-state index contributed by atoms with van der Waals surface area (Å²) in [6.07, 6.45) is 2.63. The maximum Gasteiger partial charge on any atom is 0.197 e. The van der Waals surface area contributed by atoms with E-state index < -0.39 is 5.41 Å². The number of methoxy groups -OCH3 is 2. The van der Waals surface area contributed by atoms with Gasteiger partial charge in [0.2, 0.25) is 0 Å². The van der Waals surface area contributed by atoms with E-state index in [0.29, 0.717) is 11.3 Å². The molecule has 1 saturated heterocycles. The predicted octanol–water partition coefficient (Wildman–Crippen LogP) is 1.86. The summed E-state index contributed by atoms with van der Waals surface area (Å²) in [5, 5.41) is 20.8. The van der Waals surface area contributed by atoms with Gasteiger partial charge in [-0.05, 0) is 37.7 Å². The van der Waals surface area contributed by atoms with Crippen LogP contribution in [0, 0.1) is 5.92 Å². The van der Waals surface area contributed by atoms with Gasteiger partial charge in [-0.1, -0.05) is 6.07 Å². The van der Waals surface area contributed by atoms with E-state index in [4.69, 9.17) is 9.47 Å². The summed E-state index contributed by atoms with van der Waals surface area (Å²) in [6.45, 7) is 0.791. The Morgan fingerprint density at radius 1 is 1.28 bits per heavy atom. The minimum absolute atomic E-state index is 0.0356. The number of piperidine rings is 1. The molecule has 1 aromatic carbocycles. The number of ether oxygens (including phenoxy) is 2. The molecule has 0 aromatic heterocycles. The number of phenols is 2. The quantitative estimate of drug-likeness (QED) is 0.797. The minimum atomic E-state index is -0.538. The van der Waals surface area contributed by atoms with Crippen molar-refractivity contribution in [1.82, 2.24) is 4.90 Å². The number of ketones is 1. The van der Waals surface area contributed by atoms with Crippen molar-refractivity contribution in [3.8, 4) is 11.5 Å². The minimum Gasteiger partial charge on any atom is -0.504 e. The van der Waals surface area contributed by atoms with Crippen molar-refractivity contribution in [3.63, 3.8) is 0 Å². The van der Waals surface area contributed by atoms with E-state index in [-0.39, 0.29) is 41.8 Å². The predicted molar refractivity (Wildman–Crippen MR) is 90.4 cm³/mol. The number of aromatic hydroxyl groups is 2. The van der Waals surface area contributed by atoms with Crippen LogP contribution in [0.1, 0.15) is 30.1 Å². The Morgan fingerprint density at radius 3 is 2.72 bits per heavy atom. The zero-order valence-electron chi connectivity index (χ0n) is 14.7. The molecule has 0 radical (unpaired) electrons. The van der Waals surface area contributed by atoms with Crippen molar-refractivity contribution in [1.29, 1.82) is 0 Å². The number of likely N-dealkylation sites (tertiary alicyclic amines) is 1. The van der Waals surface area contributed by atoms with Crippen LogP contribution < -0.4 is 0 Å². The summed E-state index contributed by atoms with van der Waals surface area (Å²) in [6, 6.07) is 3.34. The Kier molecular flexibility index (Phi) is 3.60. The number of Topliss-reactive ketones (excluding diaryl/α,β-unsaturated/α-hetero) is 1. The molecule has 1 fully saturated rings. The fraction of sp³-hybridized carbons (Fsp3) is 0.526. The van der Waals surface area contributed by atoms with Crippen molar-refractivity contribution in [2.24, 2.45) is 5.92 Å². The number of carbonyl (C=O) groups is 1. The molecule has 6 heteroatoms. The first-order valence-electron chi connectivity index (χ1n) is 8.52. The first-order chi connectivity index (χ1) is 11.9. The fourth-order valence-corrected chi connectivity index (χ4v) is 5.17. The molecule has 1 unspecified atom stereocenters. The highest BCUT2D eigenvalue weighted by molar-refractivity contribution is 5.96. The average Bonchev–Trinajstić information content (AvgIpc) is 2.60. The molecule has 0 saturated carbocycles. The molecular weight excluding hydrogens is 322 g/mol. The highest BCUT2D eigenvalue weighted by atomic mass is 16.5. The third-order valence-electron chi connectivity index (χ3n) is 6.28. The lowest BCUT2D eigenvalue weighted by molar-refractivity contribution is -0.125. The Hall–Kier alpha value is -2.05. The zero-order valence-corrected chi connectivity index (χ0v) is 14.7. The number of phenolic OH excluding ortho intramolecular Hbond substituents is 2. The molecule has 0 spiro atoms. The highest BCUT2D eigenvalue weighted by Crippen LogP contribution is 2.60. The van der Waals surface area contributed by atoms with Gasteiger partial charge < -0.3 is 19.7 Å². The number of nitrogens with zero attached hydrogens (tertiary/aromatic N) is 1.